The van der Waals surface area contributed by atoms with Crippen LogP contribution in [0.1, 0.15) is 17.2 Å². The lowest BCUT2D eigenvalue weighted by atomic mass is 10.1. The van der Waals surface area contributed by atoms with Crippen LogP contribution in [0.5, 0.6) is 0 Å². The quantitative estimate of drug-likeness (QED) is 0.815. The van der Waals surface area contributed by atoms with Gasteiger partial charge in [-0.15, -0.1) is 0 Å². The number of nitrogens with zero attached hydrogens (tertiary/aromatic N) is 1. The van der Waals surface area contributed by atoms with Crippen molar-refractivity contribution < 1.29 is 4.74 Å². The maximum absolute atomic E-state index is 5.85. The van der Waals surface area contributed by atoms with Crippen molar-refractivity contribution >= 4 is 0 Å². The molecule has 0 spiro atoms. The predicted octanol–water partition coefficient (Wildman–Crippen LogP) is 3.22. The van der Waals surface area contributed by atoms with Crippen molar-refractivity contribution in [2.45, 2.75) is 12.6 Å². The van der Waals surface area contributed by atoms with Gasteiger partial charge in [-0.1, -0.05) is 60.7 Å². The summed E-state index contributed by atoms with van der Waals surface area (Å²) in [5.74, 6) is 0. The summed E-state index contributed by atoms with van der Waals surface area (Å²) in [5, 5.41) is 0. The van der Waals surface area contributed by atoms with Crippen LogP contribution in [0.4, 0.5) is 0 Å². The van der Waals surface area contributed by atoms with Crippen molar-refractivity contribution in [3.63, 3.8) is 0 Å². The molecule has 18 heavy (non-hydrogen) atoms. The first-order valence-electron chi connectivity index (χ1n) is 6.34. The van der Waals surface area contributed by atoms with Gasteiger partial charge in [0, 0.05) is 13.1 Å². The Morgan fingerprint density at radius 1 is 0.944 bits per heavy atom. The van der Waals surface area contributed by atoms with Gasteiger partial charge in [-0.05, 0) is 11.1 Å². The van der Waals surface area contributed by atoms with Gasteiger partial charge in [0.15, 0.2) is 0 Å². The Morgan fingerprint density at radius 2 is 1.61 bits per heavy atom. The molecule has 0 aromatic heterocycles. The summed E-state index contributed by atoms with van der Waals surface area (Å²) in [7, 11) is 0. The van der Waals surface area contributed by atoms with Gasteiger partial charge in [-0.25, -0.2) is 0 Å². The Balaban J connectivity index is 1.62. The number of rotatable bonds is 3. The van der Waals surface area contributed by atoms with Crippen LogP contribution < -0.4 is 0 Å². The maximum Gasteiger partial charge on any atom is 0.100 e. The largest absolute Gasteiger partial charge is 0.357 e. The van der Waals surface area contributed by atoms with E-state index in [0.717, 1.165) is 13.1 Å². The van der Waals surface area contributed by atoms with Crippen LogP contribution in [-0.2, 0) is 11.3 Å². The molecule has 1 fully saturated rings. The zero-order valence-corrected chi connectivity index (χ0v) is 10.3. The molecule has 1 atom stereocenters. The summed E-state index contributed by atoms with van der Waals surface area (Å²) >= 11 is 0. The molecule has 1 aliphatic rings. The fourth-order valence-corrected chi connectivity index (χ4v) is 2.36. The first-order chi connectivity index (χ1) is 8.92. The molecule has 0 N–H and O–H groups in total. The predicted molar refractivity (Wildman–Crippen MR) is 72.0 cm³/mol. The van der Waals surface area contributed by atoms with Crippen LogP contribution in [0.15, 0.2) is 60.7 Å². The first-order valence-corrected chi connectivity index (χ1v) is 6.34. The third-order valence-electron chi connectivity index (χ3n) is 3.30. The van der Waals surface area contributed by atoms with E-state index in [2.05, 4.69) is 59.5 Å². The SMILES string of the molecule is c1ccc(CN2COC(c3ccccc3)C2)cc1. The lowest BCUT2D eigenvalue weighted by Gasteiger charge is -2.13. The van der Waals surface area contributed by atoms with E-state index in [-0.39, 0.29) is 6.10 Å². The van der Waals surface area contributed by atoms with Crippen LogP contribution in [0.3, 0.4) is 0 Å². The summed E-state index contributed by atoms with van der Waals surface area (Å²) in [6.07, 6.45) is 0.218. The Hall–Kier alpha value is -1.64. The highest BCUT2D eigenvalue weighted by molar-refractivity contribution is 5.19. The lowest BCUT2D eigenvalue weighted by molar-refractivity contribution is 0.0880. The van der Waals surface area contributed by atoms with Crippen LogP contribution in [0, 0.1) is 0 Å². The Kier molecular flexibility index (Phi) is 3.40. The zero-order chi connectivity index (χ0) is 12.2. The number of benzene rings is 2. The fraction of sp³-hybridized carbons (Fsp3) is 0.250. The smallest absolute Gasteiger partial charge is 0.100 e. The van der Waals surface area contributed by atoms with Crippen molar-refractivity contribution in [2.75, 3.05) is 13.3 Å². The molecule has 1 saturated heterocycles. The van der Waals surface area contributed by atoms with Gasteiger partial charge in [-0.2, -0.15) is 0 Å². The van der Waals surface area contributed by atoms with Crippen LogP contribution in [0.25, 0.3) is 0 Å². The first kappa shape index (κ1) is 11.5. The molecule has 1 heterocycles. The van der Waals surface area contributed by atoms with Gasteiger partial charge in [0.1, 0.15) is 6.73 Å². The van der Waals surface area contributed by atoms with Gasteiger partial charge >= 0.3 is 0 Å². The van der Waals surface area contributed by atoms with Gasteiger partial charge in [0.2, 0.25) is 0 Å². The minimum Gasteiger partial charge on any atom is -0.357 e. The van der Waals surface area contributed by atoms with E-state index in [1.807, 2.05) is 6.07 Å². The van der Waals surface area contributed by atoms with Gasteiger partial charge in [0.05, 0.1) is 6.10 Å². The van der Waals surface area contributed by atoms with Crippen molar-refractivity contribution in [2.24, 2.45) is 0 Å². The summed E-state index contributed by atoms with van der Waals surface area (Å²) in [5.41, 5.74) is 2.61. The number of hydrogen-bond acceptors (Lipinski definition) is 2. The van der Waals surface area contributed by atoms with Crippen LogP contribution >= 0.6 is 0 Å². The van der Waals surface area contributed by atoms with Gasteiger partial charge < -0.3 is 4.74 Å². The summed E-state index contributed by atoms with van der Waals surface area (Å²) in [4.78, 5) is 2.34. The van der Waals surface area contributed by atoms with Crippen molar-refractivity contribution in [1.29, 1.82) is 0 Å². The Labute approximate surface area is 108 Å². The fourth-order valence-electron chi connectivity index (χ4n) is 2.36. The minimum atomic E-state index is 0.218. The molecular formula is C16H17NO. The Morgan fingerprint density at radius 3 is 2.33 bits per heavy atom. The normalized spacial score (nSPS) is 20.1. The molecule has 0 radical (unpaired) electrons. The van der Waals surface area contributed by atoms with Crippen molar-refractivity contribution in [3.05, 3.63) is 71.8 Å². The average Bonchev–Trinajstić information content (AvgIpc) is 2.89. The van der Waals surface area contributed by atoms with E-state index >= 15 is 0 Å². The zero-order valence-electron chi connectivity index (χ0n) is 10.3. The second kappa shape index (κ2) is 5.34. The molecule has 1 aliphatic heterocycles. The molecule has 0 saturated carbocycles. The second-order valence-corrected chi connectivity index (χ2v) is 4.69. The van der Waals surface area contributed by atoms with Crippen LogP contribution in [0.2, 0.25) is 0 Å². The van der Waals surface area contributed by atoms with Gasteiger partial charge in [0.25, 0.3) is 0 Å². The molecule has 2 nitrogen and oxygen atoms in total. The molecule has 0 bridgehead atoms. The molecule has 1 unspecified atom stereocenters. The summed E-state index contributed by atoms with van der Waals surface area (Å²) in [6.45, 7) is 2.65. The van der Waals surface area contributed by atoms with Gasteiger partial charge in [-0.3, -0.25) is 4.90 Å². The monoisotopic (exact) mass is 239 g/mol. The molecule has 2 aromatic rings. The highest BCUT2D eigenvalue weighted by Crippen LogP contribution is 2.25. The molecular weight excluding hydrogens is 222 g/mol. The standard InChI is InChI=1S/C16H17NO/c1-3-7-14(8-4-1)11-17-12-16(18-13-17)15-9-5-2-6-10-15/h1-10,16H,11-13H2. The second-order valence-electron chi connectivity index (χ2n) is 4.69. The minimum absolute atomic E-state index is 0.218. The highest BCUT2D eigenvalue weighted by Gasteiger charge is 2.24. The van der Waals surface area contributed by atoms with Crippen LogP contribution in [-0.4, -0.2) is 18.2 Å². The summed E-state index contributed by atoms with van der Waals surface area (Å²) in [6, 6.07) is 21.0. The Bertz CT molecular complexity index is 483. The van der Waals surface area contributed by atoms with E-state index < -0.39 is 0 Å². The molecule has 0 aliphatic carbocycles. The molecule has 92 valence electrons. The molecule has 3 rings (SSSR count). The molecule has 2 aromatic carbocycles. The number of ether oxygens (including phenoxy) is 1. The average molecular weight is 239 g/mol. The van der Waals surface area contributed by atoms with E-state index in [9.17, 15) is 0 Å². The van der Waals surface area contributed by atoms with E-state index in [1.165, 1.54) is 11.1 Å². The van der Waals surface area contributed by atoms with E-state index in [0.29, 0.717) is 6.73 Å². The topological polar surface area (TPSA) is 12.5 Å². The van der Waals surface area contributed by atoms with E-state index in [1.54, 1.807) is 0 Å². The third-order valence-corrected chi connectivity index (χ3v) is 3.30. The van der Waals surface area contributed by atoms with E-state index in [4.69, 9.17) is 4.74 Å². The lowest BCUT2D eigenvalue weighted by Crippen LogP contribution is -2.19. The molecule has 2 heteroatoms. The van der Waals surface area contributed by atoms with Crippen molar-refractivity contribution in [1.82, 2.24) is 4.90 Å². The van der Waals surface area contributed by atoms with Crippen molar-refractivity contribution in [3.8, 4) is 0 Å². The highest BCUT2D eigenvalue weighted by atomic mass is 16.5. The number of hydrogen-bond donors (Lipinski definition) is 0. The molecule has 0 amide bonds. The maximum atomic E-state index is 5.85. The third kappa shape index (κ3) is 2.61. The summed E-state index contributed by atoms with van der Waals surface area (Å²) < 4.78 is 5.85.